The second-order valence-electron chi connectivity index (χ2n) is 2.54. The molecule has 0 amide bonds. The standard InChI is InChI=1S/C8H11NO2S.C2H6/c1-2-7-3-5-8(6-4-7)12(9,10)11;1-2/h3-6H,2H2,1H3,(H2,9,10,11);1-2H3. The maximum atomic E-state index is 10.8. The van der Waals surface area contributed by atoms with E-state index in [2.05, 4.69) is 0 Å². The molecule has 0 saturated carbocycles. The Labute approximate surface area is 86.0 Å². The highest BCUT2D eigenvalue weighted by molar-refractivity contribution is 7.89. The molecule has 1 rings (SSSR count). The zero-order valence-corrected chi connectivity index (χ0v) is 9.64. The lowest BCUT2D eigenvalue weighted by atomic mass is 10.2. The van der Waals surface area contributed by atoms with E-state index in [4.69, 9.17) is 5.14 Å². The molecule has 0 fully saturated rings. The lowest BCUT2D eigenvalue weighted by Crippen LogP contribution is -2.11. The number of rotatable bonds is 2. The molecule has 0 radical (unpaired) electrons. The Morgan fingerprint density at radius 2 is 1.57 bits per heavy atom. The van der Waals surface area contributed by atoms with Crippen molar-refractivity contribution in [3.63, 3.8) is 0 Å². The van der Waals surface area contributed by atoms with Gasteiger partial charge in [-0.1, -0.05) is 32.9 Å². The van der Waals surface area contributed by atoms with E-state index in [9.17, 15) is 8.42 Å². The molecule has 1 aromatic rings. The minimum absolute atomic E-state index is 0.166. The van der Waals surface area contributed by atoms with Gasteiger partial charge in [-0.2, -0.15) is 0 Å². The Balaban J connectivity index is 0.000000791. The molecule has 0 aromatic heterocycles. The van der Waals surface area contributed by atoms with Crippen LogP contribution in [-0.4, -0.2) is 8.42 Å². The van der Waals surface area contributed by atoms with E-state index < -0.39 is 10.0 Å². The molecule has 0 aliphatic carbocycles. The van der Waals surface area contributed by atoms with E-state index in [1.54, 1.807) is 12.1 Å². The zero-order valence-electron chi connectivity index (χ0n) is 8.82. The third kappa shape index (κ3) is 3.89. The van der Waals surface area contributed by atoms with Gasteiger partial charge in [-0.05, 0) is 24.1 Å². The number of nitrogens with two attached hydrogens (primary N) is 1. The van der Waals surface area contributed by atoms with E-state index >= 15 is 0 Å². The highest BCUT2D eigenvalue weighted by atomic mass is 32.2. The first kappa shape index (κ1) is 13.1. The SMILES string of the molecule is CC.CCc1ccc(S(N)(=O)=O)cc1. The summed E-state index contributed by atoms with van der Waals surface area (Å²) in [4.78, 5) is 0.166. The summed E-state index contributed by atoms with van der Waals surface area (Å²) >= 11 is 0. The molecule has 0 saturated heterocycles. The molecule has 0 spiro atoms. The van der Waals surface area contributed by atoms with Gasteiger partial charge in [0.15, 0.2) is 0 Å². The van der Waals surface area contributed by atoms with Crippen molar-refractivity contribution in [1.82, 2.24) is 0 Å². The second-order valence-corrected chi connectivity index (χ2v) is 4.10. The van der Waals surface area contributed by atoms with Crippen molar-refractivity contribution in [3.8, 4) is 0 Å². The van der Waals surface area contributed by atoms with Crippen molar-refractivity contribution in [2.24, 2.45) is 5.14 Å². The van der Waals surface area contributed by atoms with Gasteiger partial charge in [0, 0.05) is 0 Å². The van der Waals surface area contributed by atoms with Crippen LogP contribution >= 0.6 is 0 Å². The van der Waals surface area contributed by atoms with Gasteiger partial charge >= 0.3 is 0 Å². The molecule has 4 heteroatoms. The van der Waals surface area contributed by atoms with Crippen LogP contribution in [0.4, 0.5) is 0 Å². The fraction of sp³-hybridized carbons (Fsp3) is 0.400. The van der Waals surface area contributed by atoms with Crippen molar-refractivity contribution < 1.29 is 8.42 Å². The van der Waals surface area contributed by atoms with Crippen molar-refractivity contribution in [2.75, 3.05) is 0 Å². The molecule has 0 aliphatic heterocycles. The predicted octanol–water partition coefficient (Wildman–Crippen LogP) is 1.92. The predicted molar refractivity (Wildman–Crippen MR) is 58.5 cm³/mol. The van der Waals surface area contributed by atoms with Crippen LogP contribution in [0.25, 0.3) is 0 Å². The van der Waals surface area contributed by atoms with Crippen molar-refractivity contribution in [2.45, 2.75) is 32.1 Å². The third-order valence-corrected chi connectivity index (χ3v) is 2.59. The van der Waals surface area contributed by atoms with E-state index in [-0.39, 0.29) is 4.90 Å². The smallest absolute Gasteiger partial charge is 0.225 e. The van der Waals surface area contributed by atoms with Crippen LogP contribution in [0.1, 0.15) is 26.3 Å². The molecule has 3 nitrogen and oxygen atoms in total. The minimum Gasteiger partial charge on any atom is -0.225 e. The maximum absolute atomic E-state index is 10.8. The summed E-state index contributed by atoms with van der Waals surface area (Å²) in [6.45, 7) is 6.01. The number of hydrogen-bond donors (Lipinski definition) is 1. The molecule has 14 heavy (non-hydrogen) atoms. The molecule has 1 aromatic carbocycles. The van der Waals surface area contributed by atoms with Gasteiger partial charge < -0.3 is 0 Å². The fourth-order valence-corrected chi connectivity index (χ4v) is 1.43. The first-order valence-electron chi connectivity index (χ1n) is 4.66. The van der Waals surface area contributed by atoms with E-state index in [0.29, 0.717) is 0 Å². The van der Waals surface area contributed by atoms with Gasteiger partial charge in [-0.25, -0.2) is 13.6 Å². The molecule has 0 aliphatic rings. The quantitative estimate of drug-likeness (QED) is 0.819. The first-order chi connectivity index (χ1) is 6.54. The molecule has 2 N–H and O–H groups in total. The van der Waals surface area contributed by atoms with Gasteiger partial charge in [-0.15, -0.1) is 0 Å². The Kier molecular flexibility index (Phi) is 5.42. The van der Waals surface area contributed by atoms with Crippen molar-refractivity contribution in [3.05, 3.63) is 29.8 Å². The summed E-state index contributed by atoms with van der Waals surface area (Å²) in [5.41, 5.74) is 1.10. The van der Waals surface area contributed by atoms with Crippen LogP contribution in [0.2, 0.25) is 0 Å². The number of primary sulfonamides is 1. The van der Waals surface area contributed by atoms with Crippen LogP contribution in [0.15, 0.2) is 29.2 Å². The largest absolute Gasteiger partial charge is 0.238 e. The van der Waals surface area contributed by atoms with E-state index in [1.165, 1.54) is 12.1 Å². The molecule has 0 atom stereocenters. The van der Waals surface area contributed by atoms with Gasteiger partial charge in [0.05, 0.1) is 4.90 Å². The average molecular weight is 215 g/mol. The number of benzene rings is 1. The van der Waals surface area contributed by atoms with Crippen LogP contribution in [0.5, 0.6) is 0 Å². The lowest BCUT2D eigenvalue weighted by Gasteiger charge is -1.98. The Bertz CT molecular complexity index is 354. The summed E-state index contributed by atoms with van der Waals surface area (Å²) in [5, 5.41) is 4.92. The van der Waals surface area contributed by atoms with Gasteiger partial charge in [0.1, 0.15) is 0 Å². The van der Waals surface area contributed by atoms with Crippen molar-refractivity contribution >= 4 is 10.0 Å². The Morgan fingerprint density at radius 1 is 1.14 bits per heavy atom. The summed E-state index contributed by atoms with van der Waals surface area (Å²) in [6, 6.07) is 6.57. The first-order valence-corrected chi connectivity index (χ1v) is 6.20. The zero-order chi connectivity index (χ0) is 11.2. The summed E-state index contributed by atoms with van der Waals surface area (Å²) < 4.78 is 21.6. The van der Waals surface area contributed by atoms with Crippen molar-refractivity contribution in [1.29, 1.82) is 0 Å². The normalized spacial score (nSPS) is 10.3. The van der Waals surface area contributed by atoms with Gasteiger partial charge in [0.25, 0.3) is 0 Å². The molecular weight excluding hydrogens is 198 g/mol. The second kappa shape index (κ2) is 5.78. The molecule has 0 unspecified atom stereocenters. The highest BCUT2D eigenvalue weighted by Crippen LogP contribution is 2.08. The summed E-state index contributed by atoms with van der Waals surface area (Å²) in [5.74, 6) is 0. The number of sulfonamides is 1. The minimum atomic E-state index is -3.53. The van der Waals surface area contributed by atoms with Crippen LogP contribution < -0.4 is 5.14 Å². The summed E-state index contributed by atoms with van der Waals surface area (Å²) in [6.07, 6.45) is 0.894. The molecule has 0 bridgehead atoms. The fourth-order valence-electron chi connectivity index (χ4n) is 0.915. The van der Waals surface area contributed by atoms with Crippen LogP contribution in [-0.2, 0) is 16.4 Å². The van der Waals surface area contributed by atoms with Gasteiger partial charge in [0.2, 0.25) is 10.0 Å². The van der Waals surface area contributed by atoms with Gasteiger partial charge in [-0.3, -0.25) is 0 Å². The lowest BCUT2D eigenvalue weighted by molar-refractivity contribution is 0.598. The maximum Gasteiger partial charge on any atom is 0.238 e. The molecular formula is C10H17NO2S. The van der Waals surface area contributed by atoms with Crippen LogP contribution in [0, 0.1) is 0 Å². The third-order valence-electron chi connectivity index (χ3n) is 1.66. The molecule has 0 heterocycles. The average Bonchev–Trinajstić information content (AvgIpc) is 2.20. The van der Waals surface area contributed by atoms with E-state index in [1.807, 2.05) is 20.8 Å². The van der Waals surface area contributed by atoms with Crippen LogP contribution in [0.3, 0.4) is 0 Å². The Morgan fingerprint density at radius 3 is 1.86 bits per heavy atom. The number of hydrogen-bond acceptors (Lipinski definition) is 2. The highest BCUT2D eigenvalue weighted by Gasteiger charge is 2.05. The summed E-state index contributed by atoms with van der Waals surface area (Å²) in [7, 11) is -3.53. The molecule has 80 valence electrons. The van der Waals surface area contributed by atoms with E-state index in [0.717, 1.165) is 12.0 Å². The number of aryl methyl sites for hydroxylation is 1. The Hall–Kier alpha value is -0.870. The topological polar surface area (TPSA) is 60.2 Å². The monoisotopic (exact) mass is 215 g/mol.